The molecule has 0 bridgehead atoms. The van der Waals surface area contributed by atoms with E-state index in [0.717, 1.165) is 50.6 Å². The fourth-order valence-corrected chi connectivity index (χ4v) is 3.98. The summed E-state index contributed by atoms with van der Waals surface area (Å²) in [7, 11) is 1.65. The van der Waals surface area contributed by atoms with Gasteiger partial charge in [0.05, 0.1) is 6.10 Å². The summed E-state index contributed by atoms with van der Waals surface area (Å²) < 4.78 is 6.00. The number of carbonyl (C=O) groups is 1. The number of benzene rings is 1. The first-order chi connectivity index (χ1) is 14.2. The minimum Gasteiger partial charge on any atom is -0.378 e. The molecule has 0 aliphatic heterocycles. The smallest absolute Gasteiger partial charge is 0.251 e. The zero-order valence-electron chi connectivity index (χ0n) is 18.3. The van der Waals surface area contributed by atoms with Crippen molar-refractivity contribution in [3.8, 4) is 0 Å². The first-order valence-electron chi connectivity index (χ1n) is 11.1. The average Bonchev–Trinajstić information content (AvgIpc) is 3.27. The third-order valence-corrected chi connectivity index (χ3v) is 5.46. The number of ether oxygens (including phenoxy) is 1. The molecule has 1 atom stereocenters. The van der Waals surface area contributed by atoms with Crippen molar-refractivity contribution in [2.75, 3.05) is 33.3 Å². The largest absolute Gasteiger partial charge is 0.378 e. The molecule has 6 heteroatoms. The molecule has 1 aliphatic rings. The van der Waals surface area contributed by atoms with Crippen LogP contribution < -0.4 is 16.0 Å². The molecule has 0 saturated heterocycles. The van der Waals surface area contributed by atoms with Gasteiger partial charge in [0.1, 0.15) is 0 Å². The number of rotatable bonds is 11. The number of aliphatic imine (C=N–C) groups is 1. The highest BCUT2D eigenvalue weighted by atomic mass is 16.5. The molecule has 0 radical (unpaired) electrons. The van der Waals surface area contributed by atoms with Crippen LogP contribution in [0.4, 0.5) is 0 Å². The van der Waals surface area contributed by atoms with E-state index < -0.39 is 0 Å². The van der Waals surface area contributed by atoms with Crippen LogP contribution in [0.2, 0.25) is 0 Å². The Bertz CT molecular complexity index is 642. The second-order valence-electron chi connectivity index (χ2n) is 7.54. The lowest BCUT2D eigenvalue weighted by atomic mass is 9.98. The van der Waals surface area contributed by atoms with Gasteiger partial charge < -0.3 is 20.7 Å². The quantitative estimate of drug-likeness (QED) is 0.393. The van der Waals surface area contributed by atoms with Gasteiger partial charge in [-0.2, -0.15) is 0 Å². The van der Waals surface area contributed by atoms with Crippen LogP contribution in [0, 0.1) is 5.92 Å². The summed E-state index contributed by atoms with van der Waals surface area (Å²) in [5.41, 5.74) is 1.83. The number of amides is 1. The molecule has 1 saturated carbocycles. The molecular weight excluding hydrogens is 364 g/mol. The molecular formula is C23H38N4O2. The van der Waals surface area contributed by atoms with Gasteiger partial charge in [0.2, 0.25) is 0 Å². The lowest BCUT2D eigenvalue weighted by Crippen LogP contribution is -2.38. The standard InChI is InChI=1S/C23H38N4O2/c1-4-25-23(27-16-14-21(29-5-2)19-10-6-7-11-19)26-15-13-18-9-8-12-20(17-18)22(28)24-3/h8-9,12,17,19,21H,4-7,10-11,13-16H2,1-3H3,(H,24,28)(H2,25,26,27). The van der Waals surface area contributed by atoms with Gasteiger partial charge in [0.15, 0.2) is 5.96 Å². The summed E-state index contributed by atoms with van der Waals surface area (Å²) >= 11 is 0. The van der Waals surface area contributed by atoms with Gasteiger partial charge in [0, 0.05) is 38.9 Å². The van der Waals surface area contributed by atoms with Gasteiger partial charge in [-0.15, -0.1) is 0 Å². The predicted octanol–water partition coefficient (Wildman–Crippen LogP) is 3.13. The van der Waals surface area contributed by atoms with E-state index in [1.54, 1.807) is 7.05 Å². The Morgan fingerprint density at radius 3 is 2.72 bits per heavy atom. The van der Waals surface area contributed by atoms with E-state index in [1.165, 1.54) is 25.7 Å². The van der Waals surface area contributed by atoms with E-state index in [-0.39, 0.29) is 5.91 Å². The maximum absolute atomic E-state index is 11.8. The van der Waals surface area contributed by atoms with E-state index in [4.69, 9.17) is 9.73 Å². The van der Waals surface area contributed by atoms with Crippen molar-refractivity contribution >= 4 is 11.9 Å². The van der Waals surface area contributed by atoms with Crippen LogP contribution in [-0.4, -0.2) is 51.3 Å². The van der Waals surface area contributed by atoms with E-state index in [2.05, 4.69) is 29.8 Å². The topological polar surface area (TPSA) is 74.8 Å². The molecule has 1 unspecified atom stereocenters. The van der Waals surface area contributed by atoms with Gasteiger partial charge in [-0.05, 0) is 63.1 Å². The highest BCUT2D eigenvalue weighted by Crippen LogP contribution is 2.30. The molecule has 3 N–H and O–H groups in total. The third-order valence-electron chi connectivity index (χ3n) is 5.46. The lowest BCUT2D eigenvalue weighted by molar-refractivity contribution is 0.0177. The van der Waals surface area contributed by atoms with Crippen LogP contribution in [-0.2, 0) is 11.2 Å². The van der Waals surface area contributed by atoms with Crippen molar-refractivity contribution in [1.82, 2.24) is 16.0 Å². The summed E-state index contributed by atoms with van der Waals surface area (Å²) in [5.74, 6) is 1.49. The van der Waals surface area contributed by atoms with Crippen LogP contribution in [0.25, 0.3) is 0 Å². The molecule has 0 spiro atoms. The van der Waals surface area contributed by atoms with Crippen molar-refractivity contribution in [2.45, 2.75) is 58.5 Å². The molecule has 1 aromatic carbocycles. The lowest BCUT2D eigenvalue weighted by Gasteiger charge is -2.22. The fourth-order valence-electron chi connectivity index (χ4n) is 3.98. The summed E-state index contributed by atoms with van der Waals surface area (Å²) in [6.07, 6.45) is 7.40. The number of hydrogen-bond donors (Lipinski definition) is 3. The predicted molar refractivity (Wildman–Crippen MR) is 120 cm³/mol. The van der Waals surface area contributed by atoms with Crippen LogP contribution >= 0.6 is 0 Å². The van der Waals surface area contributed by atoms with E-state index in [1.807, 2.05) is 24.3 Å². The number of carbonyl (C=O) groups excluding carboxylic acids is 1. The second kappa shape index (κ2) is 13.2. The molecule has 0 heterocycles. The molecule has 6 nitrogen and oxygen atoms in total. The van der Waals surface area contributed by atoms with Gasteiger partial charge in [0.25, 0.3) is 5.91 Å². The molecule has 1 aliphatic carbocycles. The van der Waals surface area contributed by atoms with Crippen molar-refractivity contribution < 1.29 is 9.53 Å². The second-order valence-corrected chi connectivity index (χ2v) is 7.54. The number of nitrogens with zero attached hydrogens (tertiary/aromatic N) is 1. The Morgan fingerprint density at radius 2 is 2.03 bits per heavy atom. The van der Waals surface area contributed by atoms with Crippen LogP contribution in [0.1, 0.15) is 61.9 Å². The Hall–Kier alpha value is -2.08. The maximum Gasteiger partial charge on any atom is 0.251 e. The number of guanidine groups is 1. The van der Waals surface area contributed by atoms with E-state index in [0.29, 0.717) is 17.6 Å². The molecule has 2 rings (SSSR count). The van der Waals surface area contributed by atoms with Crippen molar-refractivity contribution in [2.24, 2.45) is 10.9 Å². The number of hydrogen-bond acceptors (Lipinski definition) is 3. The summed E-state index contributed by atoms with van der Waals surface area (Å²) in [4.78, 5) is 16.5. The Balaban J connectivity index is 1.83. The maximum atomic E-state index is 11.8. The van der Waals surface area contributed by atoms with Crippen LogP contribution in [0.3, 0.4) is 0 Å². The van der Waals surface area contributed by atoms with E-state index >= 15 is 0 Å². The molecule has 1 aromatic rings. The normalized spacial score (nSPS) is 15.9. The Morgan fingerprint density at radius 1 is 1.24 bits per heavy atom. The first-order valence-corrected chi connectivity index (χ1v) is 11.1. The minimum absolute atomic E-state index is 0.0548. The summed E-state index contributed by atoms with van der Waals surface area (Å²) in [6, 6.07) is 7.75. The number of nitrogens with one attached hydrogen (secondary N) is 3. The average molecular weight is 403 g/mol. The molecule has 0 aromatic heterocycles. The van der Waals surface area contributed by atoms with Gasteiger partial charge in [-0.25, -0.2) is 0 Å². The monoisotopic (exact) mass is 402 g/mol. The SMILES string of the molecule is CCNC(=NCCC(OCC)C1CCCC1)NCCc1cccc(C(=O)NC)c1. The van der Waals surface area contributed by atoms with Gasteiger partial charge in [-0.1, -0.05) is 25.0 Å². The molecule has 1 amide bonds. The summed E-state index contributed by atoms with van der Waals surface area (Å²) in [6.45, 7) is 7.29. The van der Waals surface area contributed by atoms with Crippen molar-refractivity contribution in [1.29, 1.82) is 0 Å². The Kier molecular flexibility index (Phi) is 10.6. The molecule has 1 fully saturated rings. The van der Waals surface area contributed by atoms with E-state index in [9.17, 15) is 4.79 Å². The first kappa shape index (κ1) is 23.2. The molecule has 162 valence electrons. The summed E-state index contributed by atoms with van der Waals surface area (Å²) in [5, 5.41) is 9.39. The van der Waals surface area contributed by atoms with Crippen LogP contribution in [0.5, 0.6) is 0 Å². The van der Waals surface area contributed by atoms with Crippen molar-refractivity contribution in [3.63, 3.8) is 0 Å². The fraction of sp³-hybridized carbons (Fsp3) is 0.652. The highest BCUT2D eigenvalue weighted by Gasteiger charge is 2.24. The zero-order valence-corrected chi connectivity index (χ0v) is 18.3. The zero-order chi connectivity index (χ0) is 20.9. The molecule has 29 heavy (non-hydrogen) atoms. The Labute approximate surface area is 175 Å². The van der Waals surface area contributed by atoms with Crippen LogP contribution in [0.15, 0.2) is 29.3 Å². The third kappa shape index (κ3) is 8.05. The van der Waals surface area contributed by atoms with Crippen molar-refractivity contribution in [3.05, 3.63) is 35.4 Å². The highest BCUT2D eigenvalue weighted by molar-refractivity contribution is 5.94. The minimum atomic E-state index is -0.0548. The van der Waals surface area contributed by atoms with Gasteiger partial charge >= 0.3 is 0 Å². The van der Waals surface area contributed by atoms with Gasteiger partial charge in [-0.3, -0.25) is 9.79 Å².